The van der Waals surface area contributed by atoms with Crippen LogP contribution in [0.1, 0.15) is 24.5 Å². The molecule has 1 aromatic carbocycles. The molecule has 1 aromatic rings. The van der Waals surface area contributed by atoms with Gasteiger partial charge in [0.25, 0.3) is 0 Å². The average molecular weight is 355 g/mol. The molecule has 1 amide bonds. The molecule has 1 fully saturated rings. The van der Waals surface area contributed by atoms with Crippen molar-refractivity contribution in [3.8, 4) is 0 Å². The highest BCUT2D eigenvalue weighted by molar-refractivity contribution is 9.10. The number of amides is 1. The molecule has 1 heterocycles. The summed E-state index contributed by atoms with van der Waals surface area (Å²) in [5.74, 6) is -0.0892. The molecule has 2 atom stereocenters. The van der Waals surface area contributed by atoms with Crippen molar-refractivity contribution >= 4 is 27.5 Å². The number of hydrogen-bond acceptors (Lipinski definition) is 3. The molecule has 2 unspecified atom stereocenters. The van der Waals surface area contributed by atoms with Gasteiger partial charge in [-0.1, -0.05) is 22.9 Å². The average Bonchev–Trinajstić information content (AvgIpc) is 2.88. The molecule has 1 saturated heterocycles. The second-order valence-electron chi connectivity index (χ2n) is 5.61. The lowest BCUT2D eigenvalue weighted by Crippen LogP contribution is -2.41. The normalized spacial score (nSPS) is 21.5. The highest BCUT2D eigenvalue weighted by atomic mass is 79.9. The van der Waals surface area contributed by atoms with E-state index in [1.165, 1.54) is 0 Å². The van der Waals surface area contributed by atoms with Gasteiger partial charge in [0, 0.05) is 16.2 Å². The van der Waals surface area contributed by atoms with E-state index in [4.69, 9.17) is 4.74 Å². The predicted octanol–water partition coefficient (Wildman–Crippen LogP) is 3.02. The highest BCUT2D eigenvalue weighted by Crippen LogP contribution is 2.26. The fourth-order valence-electron chi connectivity index (χ4n) is 2.67. The van der Waals surface area contributed by atoms with Gasteiger partial charge < -0.3 is 15.4 Å². The number of carbonyl (C=O) groups excluding carboxylic acids is 1. The molecule has 4 nitrogen and oxygen atoms in total. The third-order valence-corrected chi connectivity index (χ3v) is 4.28. The summed E-state index contributed by atoms with van der Waals surface area (Å²) in [5.41, 5.74) is 3.03. The van der Waals surface area contributed by atoms with Gasteiger partial charge >= 0.3 is 0 Å². The smallest absolute Gasteiger partial charge is 0.231 e. The fourth-order valence-corrected chi connectivity index (χ4v) is 3.35. The topological polar surface area (TPSA) is 50.4 Å². The molecule has 21 heavy (non-hydrogen) atoms. The van der Waals surface area contributed by atoms with E-state index < -0.39 is 0 Å². The molecule has 0 aromatic heterocycles. The molecule has 0 aliphatic carbocycles. The third kappa shape index (κ3) is 4.05. The maximum Gasteiger partial charge on any atom is 0.231 e. The Morgan fingerprint density at radius 3 is 2.62 bits per heavy atom. The number of rotatable bonds is 5. The van der Waals surface area contributed by atoms with Crippen molar-refractivity contribution in [3.63, 3.8) is 0 Å². The van der Waals surface area contributed by atoms with Crippen LogP contribution >= 0.6 is 15.9 Å². The summed E-state index contributed by atoms with van der Waals surface area (Å²) in [7, 11) is 0. The lowest BCUT2D eigenvalue weighted by Gasteiger charge is -2.20. The largest absolute Gasteiger partial charge is 0.379 e. The summed E-state index contributed by atoms with van der Waals surface area (Å²) < 4.78 is 6.50. The first-order valence-corrected chi connectivity index (χ1v) is 8.21. The standard InChI is InChI=1S/C16H23BrN2O2/c1-4-5-18-14-9-21-8-13(14)16(20)19-15-10(2)6-12(17)7-11(15)3/h6-7,13-14,18H,4-5,8-9H2,1-3H3,(H,19,20). The lowest BCUT2D eigenvalue weighted by molar-refractivity contribution is -0.120. The van der Waals surface area contributed by atoms with Gasteiger partial charge in [-0.15, -0.1) is 0 Å². The number of nitrogens with one attached hydrogen (secondary N) is 2. The van der Waals surface area contributed by atoms with Crippen molar-refractivity contribution in [1.29, 1.82) is 0 Å². The SMILES string of the molecule is CCCNC1COCC1C(=O)Nc1c(C)cc(Br)cc1C. The van der Waals surface area contributed by atoms with E-state index in [1.54, 1.807) is 0 Å². The Labute approximate surface area is 134 Å². The summed E-state index contributed by atoms with van der Waals surface area (Å²) in [6.45, 7) is 8.13. The van der Waals surface area contributed by atoms with Gasteiger partial charge in [0.05, 0.1) is 19.1 Å². The van der Waals surface area contributed by atoms with Crippen LogP contribution in [0.2, 0.25) is 0 Å². The first-order chi connectivity index (χ1) is 10.0. The second-order valence-corrected chi connectivity index (χ2v) is 6.52. The second kappa shape index (κ2) is 7.38. The number of ether oxygens (including phenoxy) is 1. The first-order valence-electron chi connectivity index (χ1n) is 7.41. The van der Waals surface area contributed by atoms with Crippen LogP contribution in [-0.4, -0.2) is 31.7 Å². The number of aryl methyl sites for hydroxylation is 2. The van der Waals surface area contributed by atoms with Gasteiger partial charge in [-0.25, -0.2) is 0 Å². The van der Waals surface area contributed by atoms with Gasteiger partial charge in [-0.05, 0) is 50.1 Å². The van der Waals surface area contributed by atoms with Gasteiger partial charge in [-0.2, -0.15) is 0 Å². The van der Waals surface area contributed by atoms with Crippen molar-refractivity contribution in [2.24, 2.45) is 5.92 Å². The Morgan fingerprint density at radius 1 is 1.33 bits per heavy atom. The van der Waals surface area contributed by atoms with Crippen LogP contribution in [0.3, 0.4) is 0 Å². The van der Waals surface area contributed by atoms with Crippen LogP contribution in [0.25, 0.3) is 0 Å². The zero-order valence-corrected chi connectivity index (χ0v) is 14.4. The van der Waals surface area contributed by atoms with Gasteiger partial charge in [0.15, 0.2) is 0 Å². The van der Waals surface area contributed by atoms with Crippen molar-refractivity contribution in [2.75, 3.05) is 25.1 Å². The van der Waals surface area contributed by atoms with E-state index in [-0.39, 0.29) is 17.9 Å². The minimum Gasteiger partial charge on any atom is -0.379 e. The molecular formula is C16H23BrN2O2. The zero-order chi connectivity index (χ0) is 15.4. The fraction of sp³-hybridized carbons (Fsp3) is 0.562. The Bertz CT molecular complexity index is 496. The molecule has 1 aliphatic heterocycles. The van der Waals surface area contributed by atoms with E-state index >= 15 is 0 Å². The summed E-state index contributed by atoms with van der Waals surface area (Å²) in [5, 5.41) is 6.47. The van der Waals surface area contributed by atoms with Crippen molar-refractivity contribution in [2.45, 2.75) is 33.2 Å². The molecule has 0 radical (unpaired) electrons. The maximum atomic E-state index is 12.5. The van der Waals surface area contributed by atoms with Crippen molar-refractivity contribution in [3.05, 3.63) is 27.7 Å². The Morgan fingerprint density at radius 2 is 2.00 bits per heavy atom. The zero-order valence-electron chi connectivity index (χ0n) is 12.8. The third-order valence-electron chi connectivity index (χ3n) is 3.82. The van der Waals surface area contributed by atoms with Crippen LogP contribution < -0.4 is 10.6 Å². The monoisotopic (exact) mass is 354 g/mol. The van der Waals surface area contributed by atoms with Crippen LogP contribution in [0, 0.1) is 19.8 Å². The quantitative estimate of drug-likeness (QED) is 0.854. The molecule has 1 aliphatic rings. The van der Waals surface area contributed by atoms with Gasteiger partial charge in [-0.3, -0.25) is 4.79 Å². The van der Waals surface area contributed by atoms with E-state index in [2.05, 4.69) is 33.5 Å². The van der Waals surface area contributed by atoms with Gasteiger partial charge in [0.1, 0.15) is 0 Å². The van der Waals surface area contributed by atoms with Crippen LogP contribution in [0.5, 0.6) is 0 Å². The highest BCUT2D eigenvalue weighted by Gasteiger charge is 2.33. The Hall–Kier alpha value is -0.910. The molecule has 2 rings (SSSR count). The minimum absolute atomic E-state index is 0.0367. The predicted molar refractivity (Wildman–Crippen MR) is 88.6 cm³/mol. The van der Waals surface area contributed by atoms with Crippen LogP contribution in [0.15, 0.2) is 16.6 Å². The summed E-state index contributed by atoms with van der Waals surface area (Å²) in [6, 6.07) is 4.14. The van der Waals surface area contributed by atoms with Crippen molar-refractivity contribution in [1.82, 2.24) is 5.32 Å². The Kier molecular flexibility index (Phi) is 5.79. The molecule has 5 heteroatoms. The number of halogens is 1. The number of hydrogen-bond donors (Lipinski definition) is 2. The van der Waals surface area contributed by atoms with Gasteiger partial charge in [0.2, 0.25) is 5.91 Å². The molecule has 116 valence electrons. The first kappa shape index (κ1) is 16.5. The number of benzene rings is 1. The maximum absolute atomic E-state index is 12.5. The summed E-state index contributed by atoms with van der Waals surface area (Å²) in [4.78, 5) is 12.5. The molecule has 2 N–H and O–H groups in total. The van der Waals surface area contributed by atoms with Crippen LogP contribution in [-0.2, 0) is 9.53 Å². The van der Waals surface area contributed by atoms with E-state index in [0.29, 0.717) is 13.2 Å². The van der Waals surface area contributed by atoms with Crippen LogP contribution in [0.4, 0.5) is 5.69 Å². The Balaban J connectivity index is 2.07. The van der Waals surface area contributed by atoms with E-state index in [9.17, 15) is 4.79 Å². The molecular weight excluding hydrogens is 332 g/mol. The molecule has 0 spiro atoms. The summed E-state index contributed by atoms with van der Waals surface area (Å²) >= 11 is 3.47. The minimum atomic E-state index is -0.126. The summed E-state index contributed by atoms with van der Waals surface area (Å²) in [6.07, 6.45) is 1.05. The van der Waals surface area contributed by atoms with E-state index in [0.717, 1.165) is 34.3 Å². The molecule has 0 saturated carbocycles. The number of carbonyl (C=O) groups is 1. The molecule has 0 bridgehead atoms. The number of anilines is 1. The van der Waals surface area contributed by atoms with E-state index in [1.807, 2.05) is 26.0 Å². The lowest BCUT2D eigenvalue weighted by atomic mass is 10.0. The van der Waals surface area contributed by atoms with Crippen molar-refractivity contribution < 1.29 is 9.53 Å².